The first kappa shape index (κ1) is 22.3. The summed E-state index contributed by atoms with van der Waals surface area (Å²) in [4.78, 5) is 38.6. The molecule has 0 saturated heterocycles. The Balaban J connectivity index is 1.54. The monoisotopic (exact) mass is 427 g/mol. The Kier molecular flexibility index (Phi) is 7.60. The van der Waals surface area contributed by atoms with E-state index in [-0.39, 0.29) is 42.4 Å². The molecule has 0 spiro atoms. The Morgan fingerprint density at radius 3 is 2.74 bits per heavy atom. The number of amides is 1. The van der Waals surface area contributed by atoms with Crippen molar-refractivity contribution >= 4 is 17.7 Å². The molecule has 0 aliphatic carbocycles. The van der Waals surface area contributed by atoms with E-state index in [4.69, 9.17) is 10.6 Å². The molecule has 1 aromatic carbocycles. The van der Waals surface area contributed by atoms with Gasteiger partial charge >= 0.3 is 0 Å². The quantitative estimate of drug-likeness (QED) is 0.446. The summed E-state index contributed by atoms with van der Waals surface area (Å²) in [7, 11) is 0. The van der Waals surface area contributed by atoms with E-state index < -0.39 is 0 Å². The second-order valence-electron chi connectivity index (χ2n) is 7.36. The van der Waals surface area contributed by atoms with Gasteiger partial charge < -0.3 is 16.4 Å². The molecular weight excluding hydrogens is 398 g/mol. The third-order valence-corrected chi connectivity index (χ3v) is 5.02. The van der Waals surface area contributed by atoms with Crippen molar-refractivity contribution in [1.29, 1.82) is 0 Å². The highest BCUT2D eigenvalue weighted by Gasteiger charge is 2.17. The van der Waals surface area contributed by atoms with Crippen LogP contribution in [0, 0.1) is 6.92 Å². The number of carbonyl (C=O) groups excluding carboxylic acids is 1. The van der Waals surface area contributed by atoms with Crippen LogP contribution < -0.4 is 27.4 Å². The average molecular weight is 428 g/mol. The molecule has 166 valence electrons. The molecule has 2 aromatic rings. The standard InChI is InChI=1S/C21H29N7O3/c1-3-15-4-6-16(7-5-15)8-9-23-19-20(30)28(14(2)10-25-19)13-18(29)24-11-17-12-26-21(22)27-31-17/h4-7,10,17H,3,8-9,11-13H2,1-2H3,(H,23,25)(H,24,29)(H3,22,26,27). The number of aliphatic imine (C=N–C) groups is 1. The summed E-state index contributed by atoms with van der Waals surface area (Å²) in [6, 6.07) is 8.41. The Morgan fingerprint density at radius 1 is 1.32 bits per heavy atom. The lowest BCUT2D eigenvalue weighted by molar-refractivity contribution is -0.122. The molecule has 0 fully saturated rings. The van der Waals surface area contributed by atoms with Gasteiger partial charge in [0.2, 0.25) is 11.9 Å². The lowest BCUT2D eigenvalue weighted by Crippen LogP contribution is -2.46. The molecule has 10 nitrogen and oxygen atoms in total. The Hall–Kier alpha value is -3.40. The van der Waals surface area contributed by atoms with Crippen molar-refractivity contribution in [3.8, 4) is 0 Å². The third-order valence-electron chi connectivity index (χ3n) is 5.02. The van der Waals surface area contributed by atoms with Gasteiger partial charge in [0, 0.05) is 25.0 Å². The number of benzene rings is 1. The normalized spacial score (nSPS) is 15.7. The minimum atomic E-state index is -0.329. The maximum absolute atomic E-state index is 12.8. The number of hydroxylamine groups is 1. The minimum absolute atomic E-state index is 0.105. The smallest absolute Gasteiger partial charge is 0.293 e. The SMILES string of the molecule is CCc1ccc(CCNc2ncc(C)n(CC(=O)NCC3CN=C(N)NO3)c2=O)cc1. The van der Waals surface area contributed by atoms with Crippen molar-refractivity contribution in [2.45, 2.75) is 39.3 Å². The number of hydrogen-bond acceptors (Lipinski definition) is 8. The van der Waals surface area contributed by atoms with E-state index >= 15 is 0 Å². The lowest BCUT2D eigenvalue weighted by atomic mass is 10.1. The molecule has 1 unspecified atom stereocenters. The van der Waals surface area contributed by atoms with Gasteiger partial charge in [-0.2, -0.15) is 0 Å². The van der Waals surface area contributed by atoms with Crippen LogP contribution >= 0.6 is 0 Å². The molecule has 5 N–H and O–H groups in total. The summed E-state index contributed by atoms with van der Waals surface area (Å²) in [5, 5.41) is 5.84. The zero-order chi connectivity index (χ0) is 22.2. The Labute approximate surface area is 180 Å². The van der Waals surface area contributed by atoms with Gasteiger partial charge in [-0.3, -0.25) is 19.0 Å². The predicted molar refractivity (Wildman–Crippen MR) is 119 cm³/mol. The zero-order valence-electron chi connectivity index (χ0n) is 17.9. The maximum Gasteiger partial charge on any atom is 0.293 e. The van der Waals surface area contributed by atoms with Crippen LogP contribution in [-0.2, 0) is 29.0 Å². The van der Waals surface area contributed by atoms with Gasteiger partial charge in [0.05, 0.1) is 6.54 Å². The molecule has 0 saturated carbocycles. The molecule has 1 aromatic heterocycles. The zero-order valence-corrected chi connectivity index (χ0v) is 17.9. The van der Waals surface area contributed by atoms with Crippen molar-refractivity contribution in [3.05, 3.63) is 57.6 Å². The van der Waals surface area contributed by atoms with Gasteiger partial charge in [0.25, 0.3) is 5.56 Å². The molecule has 0 bridgehead atoms. The van der Waals surface area contributed by atoms with E-state index in [1.165, 1.54) is 15.7 Å². The summed E-state index contributed by atoms with van der Waals surface area (Å²) < 4.78 is 1.40. The average Bonchev–Trinajstić information content (AvgIpc) is 2.78. The number of nitrogens with two attached hydrogens (primary N) is 1. The van der Waals surface area contributed by atoms with Crippen molar-refractivity contribution in [3.63, 3.8) is 0 Å². The number of hydrogen-bond donors (Lipinski definition) is 4. The summed E-state index contributed by atoms with van der Waals surface area (Å²) in [5.41, 5.74) is 10.7. The van der Waals surface area contributed by atoms with Gasteiger partial charge in [0.15, 0.2) is 5.82 Å². The topological polar surface area (TPSA) is 136 Å². The van der Waals surface area contributed by atoms with E-state index in [0.717, 1.165) is 12.8 Å². The Bertz CT molecular complexity index is 985. The number of guanidine groups is 1. The van der Waals surface area contributed by atoms with Crippen LogP contribution in [0.15, 0.2) is 40.2 Å². The molecule has 1 aliphatic rings. The second-order valence-corrected chi connectivity index (χ2v) is 7.36. The molecule has 1 atom stereocenters. The highest BCUT2D eigenvalue weighted by molar-refractivity contribution is 5.77. The van der Waals surface area contributed by atoms with Gasteiger partial charge in [0.1, 0.15) is 12.6 Å². The number of carbonyl (C=O) groups is 1. The summed E-state index contributed by atoms with van der Waals surface area (Å²) >= 11 is 0. The fraction of sp³-hybridized carbons (Fsp3) is 0.429. The van der Waals surface area contributed by atoms with Crippen LogP contribution in [0.2, 0.25) is 0 Å². The van der Waals surface area contributed by atoms with E-state index in [0.29, 0.717) is 18.8 Å². The van der Waals surface area contributed by atoms with Crippen molar-refractivity contribution < 1.29 is 9.63 Å². The van der Waals surface area contributed by atoms with Crippen LogP contribution in [0.4, 0.5) is 5.82 Å². The largest absolute Gasteiger partial charge is 0.368 e. The van der Waals surface area contributed by atoms with Gasteiger partial charge in [-0.15, -0.1) is 0 Å². The molecule has 31 heavy (non-hydrogen) atoms. The van der Waals surface area contributed by atoms with Crippen molar-refractivity contribution in [2.75, 3.05) is 25.0 Å². The first-order valence-corrected chi connectivity index (χ1v) is 10.3. The first-order valence-electron chi connectivity index (χ1n) is 10.3. The number of anilines is 1. The number of nitrogens with zero attached hydrogens (tertiary/aromatic N) is 3. The van der Waals surface area contributed by atoms with Crippen LogP contribution in [0.25, 0.3) is 0 Å². The number of aryl methyl sites for hydroxylation is 2. The fourth-order valence-electron chi connectivity index (χ4n) is 3.10. The van der Waals surface area contributed by atoms with E-state index in [2.05, 4.69) is 57.3 Å². The molecular formula is C21H29N7O3. The maximum atomic E-state index is 12.8. The van der Waals surface area contributed by atoms with Gasteiger partial charge in [-0.05, 0) is 30.9 Å². The van der Waals surface area contributed by atoms with E-state index in [9.17, 15) is 9.59 Å². The van der Waals surface area contributed by atoms with Crippen LogP contribution in [0.5, 0.6) is 0 Å². The van der Waals surface area contributed by atoms with Gasteiger partial charge in [-0.25, -0.2) is 15.5 Å². The van der Waals surface area contributed by atoms with Crippen LogP contribution in [0.3, 0.4) is 0 Å². The Morgan fingerprint density at radius 2 is 2.06 bits per heavy atom. The summed E-state index contributed by atoms with van der Waals surface area (Å²) in [5.74, 6) is 0.136. The second kappa shape index (κ2) is 10.6. The van der Waals surface area contributed by atoms with Gasteiger partial charge in [-0.1, -0.05) is 31.2 Å². The highest BCUT2D eigenvalue weighted by Crippen LogP contribution is 2.06. The highest BCUT2D eigenvalue weighted by atomic mass is 16.7. The number of aromatic nitrogens is 2. The van der Waals surface area contributed by atoms with Crippen molar-refractivity contribution in [1.82, 2.24) is 20.3 Å². The van der Waals surface area contributed by atoms with Crippen molar-refractivity contribution in [2.24, 2.45) is 10.7 Å². The number of nitrogens with one attached hydrogen (secondary N) is 3. The molecule has 3 rings (SSSR count). The van der Waals surface area contributed by atoms with E-state index in [1.807, 2.05) is 0 Å². The molecule has 1 aliphatic heterocycles. The van der Waals surface area contributed by atoms with E-state index in [1.54, 1.807) is 13.1 Å². The van der Waals surface area contributed by atoms with Crippen LogP contribution in [-0.4, -0.2) is 47.2 Å². The molecule has 0 radical (unpaired) electrons. The third kappa shape index (κ3) is 6.29. The predicted octanol–water partition coefficient (Wildman–Crippen LogP) is 0.103. The number of rotatable bonds is 9. The fourth-order valence-corrected chi connectivity index (χ4v) is 3.10. The van der Waals surface area contributed by atoms with Crippen LogP contribution in [0.1, 0.15) is 23.7 Å². The summed E-state index contributed by atoms with van der Waals surface area (Å²) in [6.45, 7) is 4.93. The molecule has 1 amide bonds. The molecule has 10 heteroatoms. The minimum Gasteiger partial charge on any atom is -0.368 e. The summed E-state index contributed by atoms with van der Waals surface area (Å²) in [6.07, 6.45) is 3.03. The lowest BCUT2D eigenvalue weighted by Gasteiger charge is -2.21. The first-order chi connectivity index (χ1) is 15.0. The molecule has 2 heterocycles.